The van der Waals surface area contributed by atoms with Gasteiger partial charge in [-0.2, -0.15) is 0 Å². The number of hydrogen-bond donors (Lipinski definition) is 1. The summed E-state index contributed by atoms with van der Waals surface area (Å²) < 4.78 is 5.22. The van der Waals surface area contributed by atoms with Gasteiger partial charge in [-0.25, -0.2) is 0 Å². The number of aliphatic carboxylic acids is 1. The number of hydrogen-bond acceptors (Lipinski definition) is 5. The number of ether oxygens (including phenoxy) is 1. The first kappa shape index (κ1) is 14.3. The van der Waals surface area contributed by atoms with Crippen LogP contribution in [0, 0.1) is 23.0 Å². The Morgan fingerprint density at radius 1 is 1.50 bits per heavy atom. The first-order valence-electron chi connectivity index (χ1n) is 6.21. The van der Waals surface area contributed by atoms with Gasteiger partial charge in [-0.05, 0) is 12.5 Å². The van der Waals surface area contributed by atoms with Crippen molar-refractivity contribution in [2.75, 3.05) is 25.2 Å². The van der Waals surface area contributed by atoms with Gasteiger partial charge in [0.1, 0.15) is 11.6 Å². The van der Waals surface area contributed by atoms with E-state index in [1.165, 1.54) is 6.07 Å². The predicted octanol–water partition coefficient (Wildman–Crippen LogP) is 1.44. The molecule has 0 aliphatic carbocycles. The number of nitrogens with zero attached hydrogens (tertiary/aromatic N) is 2. The van der Waals surface area contributed by atoms with Crippen LogP contribution >= 0.6 is 0 Å². The Bertz CT molecular complexity index is 546. The molecular formula is C13H16N2O5. The molecule has 20 heavy (non-hydrogen) atoms. The van der Waals surface area contributed by atoms with Crippen LogP contribution in [0.1, 0.15) is 5.56 Å². The van der Waals surface area contributed by atoms with Gasteiger partial charge in [0, 0.05) is 13.1 Å². The van der Waals surface area contributed by atoms with Crippen LogP contribution < -0.4 is 4.90 Å². The lowest BCUT2D eigenvalue weighted by atomic mass is 10.0. The zero-order valence-corrected chi connectivity index (χ0v) is 11.3. The second-order valence-corrected chi connectivity index (χ2v) is 4.86. The minimum Gasteiger partial charge on any atom is -0.481 e. The van der Waals surface area contributed by atoms with E-state index in [1.54, 1.807) is 31.0 Å². The lowest BCUT2D eigenvalue weighted by Gasteiger charge is -2.29. The van der Waals surface area contributed by atoms with Crippen LogP contribution in [0.3, 0.4) is 0 Å². The van der Waals surface area contributed by atoms with Crippen molar-refractivity contribution in [1.82, 2.24) is 0 Å². The van der Waals surface area contributed by atoms with Crippen molar-refractivity contribution in [3.63, 3.8) is 0 Å². The van der Waals surface area contributed by atoms with Gasteiger partial charge in [-0.1, -0.05) is 12.1 Å². The van der Waals surface area contributed by atoms with Gasteiger partial charge in [-0.15, -0.1) is 0 Å². The lowest BCUT2D eigenvalue weighted by Crippen LogP contribution is -2.41. The summed E-state index contributed by atoms with van der Waals surface area (Å²) in [7, 11) is 1.67. The monoisotopic (exact) mass is 280 g/mol. The summed E-state index contributed by atoms with van der Waals surface area (Å²) in [5.74, 6) is -1.63. The Balaban J connectivity index is 2.40. The van der Waals surface area contributed by atoms with E-state index < -0.39 is 22.9 Å². The van der Waals surface area contributed by atoms with E-state index >= 15 is 0 Å². The Hall–Kier alpha value is -2.15. The minimum atomic E-state index is -0.949. The summed E-state index contributed by atoms with van der Waals surface area (Å²) >= 11 is 0. The summed E-state index contributed by atoms with van der Waals surface area (Å²) in [5, 5.41) is 20.3. The fraction of sp³-hybridized carbons (Fsp3) is 0.462. The second-order valence-electron chi connectivity index (χ2n) is 4.86. The van der Waals surface area contributed by atoms with Gasteiger partial charge < -0.3 is 14.7 Å². The van der Waals surface area contributed by atoms with Crippen molar-refractivity contribution in [1.29, 1.82) is 0 Å². The number of aryl methyl sites for hydroxylation is 1. The maximum Gasteiger partial charge on any atom is 0.311 e. The molecule has 2 rings (SSSR count). The van der Waals surface area contributed by atoms with Gasteiger partial charge in [0.15, 0.2) is 0 Å². The molecule has 0 bridgehead atoms. The molecule has 2 unspecified atom stereocenters. The third kappa shape index (κ3) is 2.44. The average molecular weight is 280 g/mol. The topological polar surface area (TPSA) is 92.9 Å². The number of likely N-dealkylation sites (N-methyl/N-ethyl adjacent to an activating group) is 1. The van der Waals surface area contributed by atoms with Gasteiger partial charge >= 0.3 is 5.97 Å². The van der Waals surface area contributed by atoms with Crippen LogP contribution in [-0.4, -0.2) is 42.3 Å². The molecular weight excluding hydrogens is 264 g/mol. The normalized spacial score (nSPS) is 21.7. The first-order chi connectivity index (χ1) is 9.43. The first-order valence-corrected chi connectivity index (χ1v) is 6.21. The van der Waals surface area contributed by atoms with Gasteiger partial charge in [0.25, 0.3) is 5.69 Å². The highest BCUT2D eigenvalue weighted by Crippen LogP contribution is 2.34. The van der Waals surface area contributed by atoms with E-state index in [0.29, 0.717) is 5.69 Å². The van der Waals surface area contributed by atoms with E-state index in [0.717, 1.165) is 5.56 Å². The SMILES string of the molecule is Cc1cccc([N+](=O)[O-])c1N(C)C1COCC1C(=O)O. The van der Waals surface area contributed by atoms with Crippen LogP contribution in [0.25, 0.3) is 0 Å². The number of benzene rings is 1. The van der Waals surface area contributed by atoms with E-state index in [4.69, 9.17) is 4.74 Å². The largest absolute Gasteiger partial charge is 0.481 e. The number of para-hydroxylation sites is 1. The number of carbonyl (C=O) groups is 1. The Morgan fingerprint density at radius 2 is 2.20 bits per heavy atom. The van der Waals surface area contributed by atoms with E-state index in [1.807, 2.05) is 0 Å². The molecule has 0 spiro atoms. The fourth-order valence-corrected chi connectivity index (χ4v) is 2.58. The maximum absolute atomic E-state index is 11.2. The van der Waals surface area contributed by atoms with Crippen LogP contribution in [-0.2, 0) is 9.53 Å². The molecule has 108 valence electrons. The molecule has 1 heterocycles. The highest BCUT2D eigenvalue weighted by molar-refractivity contribution is 5.74. The van der Waals surface area contributed by atoms with Crippen molar-refractivity contribution in [3.05, 3.63) is 33.9 Å². The summed E-state index contributed by atoms with van der Waals surface area (Å²) in [6.07, 6.45) is 0. The van der Waals surface area contributed by atoms with Gasteiger partial charge in [-0.3, -0.25) is 14.9 Å². The number of nitro groups is 1. The fourth-order valence-electron chi connectivity index (χ4n) is 2.58. The van der Waals surface area contributed by atoms with Crippen molar-refractivity contribution >= 4 is 17.3 Å². The summed E-state index contributed by atoms with van der Waals surface area (Å²) in [5.41, 5.74) is 1.15. The molecule has 1 aliphatic rings. The number of carboxylic acids is 1. The molecule has 0 amide bonds. The number of nitro benzene ring substituents is 1. The molecule has 0 radical (unpaired) electrons. The molecule has 0 saturated carbocycles. The molecule has 1 saturated heterocycles. The quantitative estimate of drug-likeness (QED) is 0.662. The third-order valence-electron chi connectivity index (χ3n) is 3.63. The highest BCUT2D eigenvalue weighted by atomic mass is 16.6. The van der Waals surface area contributed by atoms with E-state index in [2.05, 4.69) is 0 Å². The van der Waals surface area contributed by atoms with Gasteiger partial charge in [0.05, 0.1) is 24.2 Å². The van der Waals surface area contributed by atoms with E-state index in [-0.39, 0.29) is 18.9 Å². The standard InChI is InChI=1S/C13H16N2O5/c1-8-4-3-5-10(15(18)19)12(8)14(2)11-7-20-6-9(11)13(16)17/h3-5,9,11H,6-7H2,1-2H3,(H,16,17). The zero-order chi connectivity index (χ0) is 14.9. The molecule has 1 aromatic rings. The number of anilines is 1. The van der Waals surface area contributed by atoms with Crippen LogP contribution in [0.4, 0.5) is 11.4 Å². The minimum absolute atomic E-state index is 0.0245. The van der Waals surface area contributed by atoms with Gasteiger partial charge in [0.2, 0.25) is 0 Å². The molecule has 1 N–H and O–H groups in total. The van der Waals surface area contributed by atoms with Crippen molar-refractivity contribution in [2.24, 2.45) is 5.92 Å². The maximum atomic E-state index is 11.2. The van der Waals surface area contributed by atoms with E-state index in [9.17, 15) is 20.0 Å². The molecule has 1 fully saturated rings. The number of carboxylic acid groups (broad SMARTS) is 1. The lowest BCUT2D eigenvalue weighted by molar-refractivity contribution is -0.384. The van der Waals surface area contributed by atoms with Crippen molar-refractivity contribution < 1.29 is 19.6 Å². The van der Waals surface area contributed by atoms with Crippen LogP contribution in [0.5, 0.6) is 0 Å². The predicted molar refractivity (Wildman–Crippen MR) is 72.0 cm³/mol. The van der Waals surface area contributed by atoms with Crippen molar-refractivity contribution in [3.8, 4) is 0 Å². The molecule has 7 heteroatoms. The average Bonchev–Trinajstić information content (AvgIpc) is 2.86. The van der Waals surface area contributed by atoms with Crippen molar-refractivity contribution in [2.45, 2.75) is 13.0 Å². The molecule has 7 nitrogen and oxygen atoms in total. The number of rotatable bonds is 4. The van der Waals surface area contributed by atoms with Crippen LogP contribution in [0.15, 0.2) is 18.2 Å². The Labute approximate surface area is 115 Å². The molecule has 0 aromatic heterocycles. The molecule has 2 atom stereocenters. The van der Waals surface area contributed by atoms with Crippen LogP contribution in [0.2, 0.25) is 0 Å². The molecule has 1 aliphatic heterocycles. The Morgan fingerprint density at radius 3 is 2.80 bits per heavy atom. The Kier molecular flexibility index (Phi) is 3.89. The summed E-state index contributed by atoms with van der Waals surface area (Å²) in [4.78, 5) is 23.5. The highest BCUT2D eigenvalue weighted by Gasteiger charge is 2.38. The summed E-state index contributed by atoms with van der Waals surface area (Å²) in [6.45, 7) is 2.15. The molecule has 1 aromatic carbocycles. The second kappa shape index (κ2) is 5.46. The third-order valence-corrected chi connectivity index (χ3v) is 3.63. The smallest absolute Gasteiger partial charge is 0.311 e. The summed E-state index contributed by atoms with van der Waals surface area (Å²) in [6, 6.07) is 4.40. The zero-order valence-electron chi connectivity index (χ0n) is 11.3.